The third-order valence-corrected chi connectivity index (χ3v) is 11.0. The fraction of sp³-hybridized carbons (Fsp3) is 0.704. The zero-order valence-electron chi connectivity index (χ0n) is 19.4. The second-order valence-electron chi connectivity index (χ2n) is 11.5. The van der Waals surface area contributed by atoms with Crippen molar-refractivity contribution in [3.05, 3.63) is 47.5 Å². The third-order valence-electron chi connectivity index (χ3n) is 9.95. The summed E-state index contributed by atoms with van der Waals surface area (Å²) in [5.74, 6) is 2.16. The summed E-state index contributed by atoms with van der Waals surface area (Å²) in [5.41, 5.74) is 0.0250. The number of hydrogen-bond donors (Lipinski definition) is 4. The molecule has 3 fully saturated rings. The van der Waals surface area contributed by atoms with Gasteiger partial charge >= 0.3 is 0 Å². The van der Waals surface area contributed by atoms with E-state index in [-0.39, 0.29) is 23.7 Å². The highest BCUT2D eigenvalue weighted by Crippen LogP contribution is 2.66. The van der Waals surface area contributed by atoms with Crippen LogP contribution in [0.5, 0.6) is 0 Å². The number of aliphatic hydroxyl groups is 4. The van der Waals surface area contributed by atoms with Crippen LogP contribution in [0, 0.1) is 34.5 Å². The minimum atomic E-state index is -1.34. The number of benzene rings is 1. The lowest BCUT2D eigenvalue weighted by Gasteiger charge is -2.47. The topological polar surface area (TPSA) is 80.9 Å². The van der Waals surface area contributed by atoms with Gasteiger partial charge in [-0.25, -0.2) is 0 Å². The van der Waals surface area contributed by atoms with Crippen molar-refractivity contribution in [3.63, 3.8) is 0 Å². The molecule has 1 aromatic carbocycles. The summed E-state index contributed by atoms with van der Waals surface area (Å²) in [6.07, 6.45) is 3.06. The van der Waals surface area contributed by atoms with Crippen molar-refractivity contribution in [1.82, 2.24) is 0 Å². The highest BCUT2D eigenvalue weighted by atomic mass is 32.2. The lowest BCUT2D eigenvalue weighted by Crippen LogP contribution is -2.57. The molecule has 4 nitrogen and oxygen atoms in total. The van der Waals surface area contributed by atoms with Crippen molar-refractivity contribution in [1.29, 1.82) is 0 Å². The van der Waals surface area contributed by atoms with Gasteiger partial charge in [-0.2, -0.15) is 11.8 Å². The molecule has 9 atom stereocenters. The molecular formula is C27H38O4S. The van der Waals surface area contributed by atoms with Crippen LogP contribution >= 0.6 is 11.8 Å². The first-order chi connectivity index (χ1) is 15.1. The summed E-state index contributed by atoms with van der Waals surface area (Å²) in [6.45, 7) is 5.95. The zero-order valence-corrected chi connectivity index (χ0v) is 20.3. The van der Waals surface area contributed by atoms with Crippen LogP contribution in [0.2, 0.25) is 0 Å². The van der Waals surface area contributed by atoms with Gasteiger partial charge in [0.05, 0.1) is 18.3 Å². The maximum absolute atomic E-state index is 11.9. The summed E-state index contributed by atoms with van der Waals surface area (Å²) in [5, 5.41) is 45.7. The molecule has 0 amide bonds. The van der Waals surface area contributed by atoms with Gasteiger partial charge in [0.1, 0.15) is 5.60 Å². The van der Waals surface area contributed by atoms with Gasteiger partial charge in [-0.1, -0.05) is 62.8 Å². The standard InChI is InChI=1S/C27H38O4S/c1-16-20-10-9-19-18(15-32-14-17-7-5-4-6-8-17)12-26(20,24(19)30)13-23(29)27(31)21(16)11-22(28)25(27,2)3/h4-8,12,16,19-24,28-31H,9-11,13-15H2,1-3H3/t16-,19-,20-,21-,22-,23+,24+,26+,27-/m0/s1. The molecule has 32 heavy (non-hydrogen) atoms. The maximum Gasteiger partial charge on any atom is 0.101 e. The molecule has 1 spiro atoms. The van der Waals surface area contributed by atoms with E-state index in [0.717, 1.165) is 24.3 Å². The van der Waals surface area contributed by atoms with E-state index in [9.17, 15) is 20.4 Å². The normalized spacial score (nSPS) is 46.8. The number of rotatable bonds is 4. The van der Waals surface area contributed by atoms with Crippen LogP contribution in [0.1, 0.15) is 52.0 Å². The van der Waals surface area contributed by atoms with Gasteiger partial charge in [-0.3, -0.25) is 0 Å². The Hall–Kier alpha value is -0.850. The average Bonchev–Trinajstić information content (AvgIpc) is 3.01. The van der Waals surface area contributed by atoms with Crippen molar-refractivity contribution in [2.24, 2.45) is 34.5 Å². The van der Waals surface area contributed by atoms with Crippen molar-refractivity contribution in [2.45, 2.75) is 76.1 Å². The molecule has 4 N–H and O–H groups in total. The Bertz CT molecular complexity index is 885. The fourth-order valence-electron chi connectivity index (χ4n) is 8.03. The quantitative estimate of drug-likeness (QED) is 0.517. The second-order valence-corrected chi connectivity index (χ2v) is 12.5. The minimum absolute atomic E-state index is 0.122. The molecule has 176 valence electrons. The predicted octanol–water partition coefficient (Wildman–Crippen LogP) is 3.77. The van der Waals surface area contributed by atoms with Gasteiger partial charge in [0.2, 0.25) is 0 Å². The smallest absolute Gasteiger partial charge is 0.101 e. The number of hydrogen-bond acceptors (Lipinski definition) is 5. The summed E-state index contributed by atoms with van der Waals surface area (Å²) < 4.78 is 0. The molecular weight excluding hydrogens is 420 g/mol. The first-order valence-corrected chi connectivity index (χ1v) is 13.4. The van der Waals surface area contributed by atoms with E-state index in [1.54, 1.807) is 0 Å². The van der Waals surface area contributed by atoms with Crippen LogP contribution in [-0.2, 0) is 5.75 Å². The van der Waals surface area contributed by atoms with Crippen LogP contribution < -0.4 is 0 Å². The Morgan fingerprint density at radius 2 is 1.69 bits per heavy atom. The van der Waals surface area contributed by atoms with E-state index in [2.05, 4.69) is 37.3 Å². The Balaban J connectivity index is 1.44. The van der Waals surface area contributed by atoms with Gasteiger partial charge < -0.3 is 20.4 Å². The highest BCUT2D eigenvalue weighted by Gasteiger charge is 2.70. The van der Waals surface area contributed by atoms with E-state index >= 15 is 0 Å². The third kappa shape index (κ3) is 3.04. The lowest BCUT2D eigenvalue weighted by molar-refractivity contribution is -0.177. The SMILES string of the molecule is C[C@H]1[C@@H]2CC[C@H]3C(CSCc4ccccc4)=C[C@]2(C[C@@H](O)[C@@]2(O)[C@H]1C[C@H](O)C2(C)C)[C@@H]3O. The molecule has 0 saturated heterocycles. The summed E-state index contributed by atoms with van der Waals surface area (Å²) in [6, 6.07) is 10.5. The molecule has 5 heteroatoms. The van der Waals surface area contributed by atoms with Crippen molar-refractivity contribution in [3.8, 4) is 0 Å². The Morgan fingerprint density at radius 1 is 0.969 bits per heavy atom. The highest BCUT2D eigenvalue weighted by molar-refractivity contribution is 7.98. The molecule has 0 heterocycles. The monoisotopic (exact) mass is 458 g/mol. The Morgan fingerprint density at radius 3 is 2.41 bits per heavy atom. The van der Waals surface area contributed by atoms with Crippen LogP contribution in [0.15, 0.2) is 42.0 Å². The van der Waals surface area contributed by atoms with Gasteiger partial charge in [-0.05, 0) is 49.0 Å². The largest absolute Gasteiger partial charge is 0.392 e. The molecule has 0 radical (unpaired) electrons. The Kier molecular flexibility index (Phi) is 5.62. The average molecular weight is 459 g/mol. The molecule has 0 aliphatic heterocycles. The van der Waals surface area contributed by atoms with Crippen LogP contribution in [0.25, 0.3) is 0 Å². The molecule has 5 rings (SSSR count). The van der Waals surface area contributed by atoms with E-state index in [0.29, 0.717) is 12.8 Å². The first-order valence-electron chi connectivity index (χ1n) is 12.2. The van der Waals surface area contributed by atoms with Crippen LogP contribution in [-0.4, -0.2) is 50.1 Å². The van der Waals surface area contributed by atoms with E-state index in [1.807, 2.05) is 31.7 Å². The van der Waals surface area contributed by atoms with Crippen molar-refractivity contribution in [2.75, 3.05) is 5.75 Å². The van der Waals surface area contributed by atoms with Gasteiger partial charge in [-0.15, -0.1) is 0 Å². The molecule has 3 saturated carbocycles. The van der Waals surface area contributed by atoms with Crippen LogP contribution in [0.4, 0.5) is 0 Å². The fourth-order valence-corrected chi connectivity index (χ4v) is 9.09. The van der Waals surface area contributed by atoms with Crippen molar-refractivity contribution < 1.29 is 20.4 Å². The zero-order chi connectivity index (χ0) is 22.9. The number of fused-ring (bicyclic) bond motifs is 2. The summed E-state index contributed by atoms with van der Waals surface area (Å²) >= 11 is 1.89. The minimum Gasteiger partial charge on any atom is -0.392 e. The molecule has 4 aliphatic carbocycles. The summed E-state index contributed by atoms with van der Waals surface area (Å²) in [4.78, 5) is 0. The number of thioether (sulfide) groups is 1. The lowest BCUT2D eigenvalue weighted by atomic mass is 9.59. The molecule has 2 bridgehead atoms. The molecule has 1 aromatic rings. The van der Waals surface area contributed by atoms with Gasteiger partial charge in [0.15, 0.2) is 0 Å². The second kappa shape index (κ2) is 7.84. The summed E-state index contributed by atoms with van der Waals surface area (Å²) in [7, 11) is 0. The first kappa shape index (κ1) is 22.9. The number of aliphatic hydroxyl groups excluding tert-OH is 3. The van der Waals surface area contributed by atoms with Crippen molar-refractivity contribution >= 4 is 11.8 Å². The van der Waals surface area contributed by atoms with E-state index in [4.69, 9.17) is 0 Å². The van der Waals surface area contributed by atoms with E-state index < -0.39 is 34.7 Å². The van der Waals surface area contributed by atoms with Crippen LogP contribution in [0.3, 0.4) is 0 Å². The maximum atomic E-state index is 11.9. The van der Waals surface area contributed by atoms with Gasteiger partial charge in [0, 0.05) is 28.3 Å². The van der Waals surface area contributed by atoms with E-state index in [1.165, 1.54) is 11.1 Å². The molecule has 0 unspecified atom stereocenters. The predicted molar refractivity (Wildman–Crippen MR) is 128 cm³/mol. The molecule has 0 aromatic heterocycles. The molecule has 4 aliphatic rings. The van der Waals surface area contributed by atoms with Gasteiger partial charge in [0.25, 0.3) is 0 Å². The Labute approximate surface area is 196 Å².